The maximum Gasteiger partial charge on any atom is 0.435 e. The molecule has 0 aliphatic carbocycles. The number of alkyl halides is 3. The van der Waals surface area contributed by atoms with Gasteiger partial charge in [-0.15, -0.1) is 0 Å². The third kappa shape index (κ3) is 5.27. The van der Waals surface area contributed by atoms with E-state index in [0.717, 1.165) is 35.6 Å². The van der Waals surface area contributed by atoms with Gasteiger partial charge in [0.15, 0.2) is 5.69 Å². The molecule has 0 spiro atoms. The molecule has 182 valence electrons. The standard InChI is InChI=1S/C23H21F3N6O2S/c1-34-30-20-6-3-11-31(20)16-9-7-15(8-10-16)28-22(33)18-13-19(23(24,25)26)29-32(18)17-5-2-4-14(12-17)21(27)35/h2,4-5,7-10,12-13H,3,6,11H2,1H3,(H2,27,35)(H,28,33). The zero-order valence-corrected chi connectivity index (χ0v) is 19.4. The molecule has 1 amide bonds. The number of anilines is 2. The molecule has 12 heteroatoms. The number of nitrogens with one attached hydrogen (secondary N) is 1. The molecule has 8 nitrogen and oxygen atoms in total. The van der Waals surface area contributed by atoms with Crippen molar-refractivity contribution in [3.05, 3.63) is 71.5 Å². The molecule has 0 radical (unpaired) electrons. The van der Waals surface area contributed by atoms with Gasteiger partial charge in [-0.05, 0) is 42.8 Å². The molecular weight excluding hydrogens is 481 g/mol. The Balaban J connectivity index is 1.62. The number of halogens is 3. The first-order valence-corrected chi connectivity index (χ1v) is 10.9. The molecule has 2 heterocycles. The summed E-state index contributed by atoms with van der Waals surface area (Å²) in [6, 6.07) is 13.8. The summed E-state index contributed by atoms with van der Waals surface area (Å²) in [6.07, 6.45) is -3.02. The van der Waals surface area contributed by atoms with Crippen LogP contribution in [0.5, 0.6) is 0 Å². The van der Waals surface area contributed by atoms with Crippen molar-refractivity contribution in [3.63, 3.8) is 0 Å². The van der Waals surface area contributed by atoms with E-state index in [1.807, 2.05) is 4.90 Å². The van der Waals surface area contributed by atoms with E-state index in [2.05, 4.69) is 15.6 Å². The number of nitrogens with two attached hydrogens (primary N) is 1. The van der Waals surface area contributed by atoms with E-state index < -0.39 is 17.8 Å². The molecule has 0 atom stereocenters. The molecule has 1 aliphatic rings. The lowest BCUT2D eigenvalue weighted by Crippen LogP contribution is -2.24. The highest BCUT2D eigenvalue weighted by Crippen LogP contribution is 2.30. The first kappa shape index (κ1) is 24.2. The average molecular weight is 503 g/mol. The van der Waals surface area contributed by atoms with Crippen LogP contribution < -0.4 is 16.0 Å². The van der Waals surface area contributed by atoms with Crippen LogP contribution in [0.25, 0.3) is 5.69 Å². The summed E-state index contributed by atoms with van der Waals surface area (Å²) in [5, 5.41) is 10.3. The Morgan fingerprint density at radius 1 is 1.17 bits per heavy atom. The van der Waals surface area contributed by atoms with Gasteiger partial charge in [0.25, 0.3) is 5.91 Å². The Labute approximate surface area is 204 Å². The summed E-state index contributed by atoms with van der Waals surface area (Å²) in [6.45, 7) is 0.776. The number of thiocarbonyl (C=S) groups is 1. The van der Waals surface area contributed by atoms with Crippen LogP contribution >= 0.6 is 12.2 Å². The second-order valence-corrected chi connectivity index (χ2v) is 8.13. The molecule has 0 saturated carbocycles. The van der Waals surface area contributed by atoms with Gasteiger partial charge in [0.2, 0.25) is 0 Å². The van der Waals surface area contributed by atoms with Crippen LogP contribution in [0.2, 0.25) is 0 Å². The second-order valence-electron chi connectivity index (χ2n) is 7.69. The van der Waals surface area contributed by atoms with Crippen LogP contribution in [0, 0.1) is 0 Å². The summed E-state index contributed by atoms with van der Waals surface area (Å²) in [7, 11) is 1.48. The van der Waals surface area contributed by atoms with Gasteiger partial charge in [0, 0.05) is 36.0 Å². The van der Waals surface area contributed by atoms with E-state index in [9.17, 15) is 18.0 Å². The predicted octanol–water partition coefficient (Wildman–Crippen LogP) is 4.34. The number of amidine groups is 1. The zero-order chi connectivity index (χ0) is 25.2. The van der Waals surface area contributed by atoms with Crippen molar-refractivity contribution in [2.24, 2.45) is 10.9 Å². The largest absolute Gasteiger partial charge is 0.435 e. The number of hydrogen-bond donors (Lipinski definition) is 2. The lowest BCUT2D eigenvalue weighted by atomic mass is 10.2. The van der Waals surface area contributed by atoms with Gasteiger partial charge in [-0.1, -0.05) is 29.5 Å². The van der Waals surface area contributed by atoms with Gasteiger partial charge < -0.3 is 20.8 Å². The van der Waals surface area contributed by atoms with E-state index in [1.54, 1.807) is 36.4 Å². The maximum absolute atomic E-state index is 13.4. The molecule has 4 rings (SSSR count). The van der Waals surface area contributed by atoms with E-state index in [0.29, 0.717) is 17.3 Å². The van der Waals surface area contributed by atoms with Gasteiger partial charge in [-0.25, -0.2) is 4.68 Å². The van der Waals surface area contributed by atoms with Crippen LogP contribution in [0.15, 0.2) is 59.8 Å². The molecular formula is C23H21F3N6O2S. The van der Waals surface area contributed by atoms with Gasteiger partial charge in [0.1, 0.15) is 23.6 Å². The summed E-state index contributed by atoms with van der Waals surface area (Å²) >= 11 is 4.95. The van der Waals surface area contributed by atoms with E-state index in [-0.39, 0.29) is 16.4 Å². The highest BCUT2D eigenvalue weighted by atomic mass is 32.1. The van der Waals surface area contributed by atoms with Gasteiger partial charge >= 0.3 is 6.18 Å². The van der Waals surface area contributed by atoms with E-state index >= 15 is 0 Å². The van der Waals surface area contributed by atoms with Crippen molar-refractivity contribution in [2.75, 3.05) is 23.9 Å². The van der Waals surface area contributed by atoms with Crippen LogP contribution in [0.3, 0.4) is 0 Å². The smallest absolute Gasteiger partial charge is 0.398 e. The van der Waals surface area contributed by atoms with Crippen molar-refractivity contribution in [1.29, 1.82) is 0 Å². The number of nitrogens with zero attached hydrogens (tertiary/aromatic N) is 4. The van der Waals surface area contributed by atoms with E-state index in [4.69, 9.17) is 22.8 Å². The first-order valence-electron chi connectivity index (χ1n) is 10.5. The quantitative estimate of drug-likeness (QED) is 0.385. The lowest BCUT2D eigenvalue weighted by Gasteiger charge is -2.18. The topological polar surface area (TPSA) is 97.8 Å². The fourth-order valence-electron chi connectivity index (χ4n) is 3.73. The number of oxime groups is 1. The Bertz CT molecular complexity index is 1290. The Kier molecular flexibility index (Phi) is 6.74. The van der Waals surface area contributed by atoms with Crippen LogP contribution in [0.1, 0.15) is 34.6 Å². The first-order chi connectivity index (χ1) is 16.7. The maximum atomic E-state index is 13.4. The monoisotopic (exact) mass is 502 g/mol. The van der Waals surface area contributed by atoms with Crippen molar-refractivity contribution >= 4 is 40.3 Å². The summed E-state index contributed by atoms with van der Waals surface area (Å²) in [5.74, 6) is 0.0383. The number of carbonyl (C=O) groups is 1. The average Bonchev–Trinajstić information content (AvgIpc) is 3.47. The molecule has 1 fully saturated rings. The van der Waals surface area contributed by atoms with Crippen molar-refractivity contribution < 1.29 is 22.8 Å². The second kappa shape index (κ2) is 9.74. The molecule has 1 aromatic heterocycles. The Morgan fingerprint density at radius 3 is 2.57 bits per heavy atom. The number of benzene rings is 2. The van der Waals surface area contributed by atoms with Crippen molar-refractivity contribution in [3.8, 4) is 5.69 Å². The van der Waals surface area contributed by atoms with Crippen molar-refractivity contribution in [1.82, 2.24) is 9.78 Å². The van der Waals surface area contributed by atoms with E-state index in [1.165, 1.54) is 19.2 Å². The molecule has 35 heavy (non-hydrogen) atoms. The molecule has 3 N–H and O–H groups in total. The number of amides is 1. The minimum Gasteiger partial charge on any atom is -0.398 e. The Morgan fingerprint density at radius 2 is 1.91 bits per heavy atom. The third-order valence-corrected chi connectivity index (χ3v) is 5.57. The lowest BCUT2D eigenvalue weighted by molar-refractivity contribution is -0.141. The Hall–Kier alpha value is -3.93. The van der Waals surface area contributed by atoms with Crippen LogP contribution in [-0.4, -0.2) is 40.2 Å². The summed E-state index contributed by atoms with van der Waals surface area (Å²) in [5.41, 5.74) is 6.06. The molecule has 1 saturated heterocycles. The molecule has 2 aromatic carbocycles. The third-order valence-electron chi connectivity index (χ3n) is 5.33. The molecule has 0 unspecified atom stereocenters. The highest BCUT2D eigenvalue weighted by Gasteiger charge is 2.36. The van der Waals surface area contributed by atoms with Gasteiger partial charge in [-0.2, -0.15) is 18.3 Å². The zero-order valence-electron chi connectivity index (χ0n) is 18.5. The summed E-state index contributed by atoms with van der Waals surface area (Å²) in [4.78, 5) is 20.0. The predicted molar refractivity (Wildman–Crippen MR) is 130 cm³/mol. The minimum absolute atomic E-state index is 0.0675. The SMILES string of the molecule is CON=C1CCCN1c1ccc(NC(=O)c2cc(C(F)(F)F)nn2-c2cccc(C(N)=S)c2)cc1. The van der Waals surface area contributed by atoms with Crippen LogP contribution in [0.4, 0.5) is 24.5 Å². The summed E-state index contributed by atoms with van der Waals surface area (Å²) < 4.78 is 41.1. The normalized spacial score (nSPS) is 14.9. The fourth-order valence-corrected chi connectivity index (χ4v) is 3.85. The number of rotatable bonds is 6. The number of aromatic nitrogens is 2. The van der Waals surface area contributed by atoms with Gasteiger partial charge in [0.05, 0.1) is 5.69 Å². The minimum atomic E-state index is -4.74. The number of hydrogen-bond acceptors (Lipinski definition) is 5. The van der Waals surface area contributed by atoms with Crippen LogP contribution in [-0.2, 0) is 11.0 Å². The number of carbonyl (C=O) groups excluding carboxylic acids is 1. The molecule has 3 aromatic rings. The fraction of sp³-hybridized carbons (Fsp3) is 0.217. The molecule has 0 bridgehead atoms. The molecule has 1 aliphatic heterocycles. The van der Waals surface area contributed by atoms with Crippen molar-refractivity contribution in [2.45, 2.75) is 19.0 Å². The van der Waals surface area contributed by atoms with Gasteiger partial charge in [-0.3, -0.25) is 4.79 Å². The highest BCUT2D eigenvalue weighted by molar-refractivity contribution is 7.80.